The Morgan fingerprint density at radius 2 is 1.44 bits per heavy atom. The first kappa shape index (κ1) is 19.8. The summed E-state index contributed by atoms with van der Waals surface area (Å²) >= 11 is 0. The van der Waals surface area contributed by atoms with Crippen molar-refractivity contribution < 1.29 is 40.7 Å². The lowest BCUT2D eigenvalue weighted by molar-refractivity contribution is -0.159. The van der Waals surface area contributed by atoms with Crippen LogP contribution < -0.4 is 5.32 Å². The third-order valence-corrected chi connectivity index (χ3v) is 1.54. The third kappa shape index (κ3) is 8.87. The molecule has 9 heteroatoms. The average molecular weight is 241 g/mol. The smallest absolute Gasteiger partial charge is 0.414 e. The van der Waals surface area contributed by atoms with Crippen LogP contribution in [0.15, 0.2) is 0 Å². The second-order valence-electron chi connectivity index (χ2n) is 2.60. The Kier molecular flexibility index (Phi) is 12.2. The van der Waals surface area contributed by atoms with Crippen molar-refractivity contribution in [1.82, 2.24) is 5.32 Å². The molecule has 1 rings (SSSR count). The zero-order valence-electron chi connectivity index (χ0n) is 8.27. The van der Waals surface area contributed by atoms with Gasteiger partial charge in [-0.3, -0.25) is 4.79 Å². The Morgan fingerprint density at radius 1 is 1.00 bits per heavy atom. The highest BCUT2D eigenvalue weighted by atomic mass is 16.4. The van der Waals surface area contributed by atoms with Crippen LogP contribution in [-0.4, -0.2) is 56.8 Å². The summed E-state index contributed by atoms with van der Waals surface area (Å²) in [6, 6.07) is -0.269. The monoisotopic (exact) mass is 241 g/mol. The molecule has 0 spiro atoms. The molecule has 1 heterocycles. The number of carboxylic acids is 3. The molecule has 1 aliphatic rings. The molecule has 1 atom stereocenters. The lowest BCUT2D eigenvalue weighted by atomic mass is 10.2. The van der Waals surface area contributed by atoms with Gasteiger partial charge in [-0.1, -0.05) is 0 Å². The number of carboxylic acid groups (broad SMARTS) is 3. The maximum absolute atomic E-state index is 10.1. The molecule has 16 heavy (non-hydrogen) atoms. The number of carbonyl (C=O) groups is 3. The van der Waals surface area contributed by atoms with Crippen molar-refractivity contribution in [3.05, 3.63) is 0 Å². The van der Waals surface area contributed by atoms with Crippen LogP contribution >= 0.6 is 0 Å². The van der Waals surface area contributed by atoms with Gasteiger partial charge in [-0.15, -0.1) is 0 Å². The Hall–Kier alpha value is -1.71. The van der Waals surface area contributed by atoms with E-state index in [1.54, 1.807) is 0 Å². The number of hydrogen-bond donors (Lipinski definition) is 4. The third-order valence-electron chi connectivity index (χ3n) is 1.54. The quantitative estimate of drug-likeness (QED) is 0.360. The number of hydrogen-bond acceptors (Lipinski definition) is 4. The van der Waals surface area contributed by atoms with Crippen molar-refractivity contribution in [1.29, 1.82) is 0 Å². The highest BCUT2D eigenvalue weighted by molar-refractivity contribution is 6.27. The molecule has 1 aliphatic heterocycles. The SMILES string of the molecule is O.O.O=C(O)C(=O)O.O=C(O)[C@@H]1CCCN1. The summed E-state index contributed by atoms with van der Waals surface area (Å²) in [5, 5.41) is 26.0. The predicted molar refractivity (Wildman–Crippen MR) is 51.2 cm³/mol. The Bertz CT molecular complexity index is 223. The summed E-state index contributed by atoms with van der Waals surface area (Å²) in [7, 11) is 0. The van der Waals surface area contributed by atoms with Crippen molar-refractivity contribution in [2.45, 2.75) is 18.9 Å². The van der Waals surface area contributed by atoms with E-state index in [4.69, 9.17) is 24.9 Å². The highest BCUT2D eigenvalue weighted by Gasteiger charge is 2.20. The molecular formula is C7H15NO8. The Morgan fingerprint density at radius 3 is 1.56 bits per heavy atom. The van der Waals surface area contributed by atoms with Crippen LogP contribution in [0.25, 0.3) is 0 Å². The lowest BCUT2D eigenvalue weighted by Gasteiger charge is -1.99. The molecule has 0 aliphatic carbocycles. The van der Waals surface area contributed by atoms with Gasteiger partial charge in [-0.25, -0.2) is 9.59 Å². The van der Waals surface area contributed by atoms with Crippen LogP contribution in [0.1, 0.15) is 12.8 Å². The van der Waals surface area contributed by atoms with Gasteiger partial charge in [0.2, 0.25) is 0 Å². The first-order valence-electron chi connectivity index (χ1n) is 3.87. The summed E-state index contributed by atoms with van der Waals surface area (Å²) in [4.78, 5) is 28.3. The zero-order chi connectivity index (χ0) is 11.1. The molecule has 8 N–H and O–H groups in total. The molecule has 1 fully saturated rings. The fourth-order valence-corrected chi connectivity index (χ4v) is 0.895. The summed E-state index contributed by atoms with van der Waals surface area (Å²) in [5.41, 5.74) is 0. The van der Waals surface area contributed by atoms with Crippen LogP contribution in [0.4, 0.5) is 0 Å². The molecule has 0 aromatic heterocycles. The van der Waals surface area contributed by atoms with Gasteiger partial charge in [0.25, 0.3) is 0 Å². The summed E-state index contributed by atoms with van der Waals surface area (Å²) in [5.74, 6) is -4.37. The fraction of sp³-hybridized carbons (Fsp3) is 0.571. The Labute approximate surface area is 90.3 Å². The summed E-state index contributed by atoms with van der Waals surface area (Å²) in [6.07, 6.45) is 1.78. The molecule has 0 saturated carbocycles. The molecule has 0 aromatic carbocycles. The van der Waals surface area contributed by atoms with Gasteiger partial charge in [0.1, 0.15) is 6.04 Å². The van der Waals surface area contributed by atoms with E-state index >= 15 is 0 Å². The van der Waals surface area contributed by atoms with Gasteiger partial charge >= 0.3 is 17.9 Å². The molecule has 96 valence electrons. The maximum atomic E-state index is 10.1. The molecule has 0 bridgehead atoms. The molecule has 0 amide bonds. The van der Waals surface area contributed by atoms with E-state index in [9.17, 15) is 4.79 Å². The van der Waals surface area contributed by atoms with Gasteiger partial charge in [0, 0.05) is 0 Å². The van der Waals surface area contributed by atoms with Gasteiger partial charge in [0.05, 0.1) is 0 Å². The van der Waals surface area contributed by atoms with Crippen LogP contribution in [0, 0.1) is 0 Å². The van der Waals surface area contributed by atoms with Crippen molar-refractivity contribution in [2.24, 2.45) is 0 Å². The van der Waals surface area contributed by atoms with E-state index in [-0.39, 0.29) is 17.0 Å². The van der Waals surface area contributed by atoms with E-state index in [0.29, 0.717) is 0 Å². The van der Waals surface area contributed by atoms with E-state index in [1.165, 1.54) is 0 Å². The molecule has 1 saturated heterocycles. The molecule has 0 unspecified atom stereocenters. The van der Waals surface area contributed by atoms with Crippen molar-refractivity contribution >= 4 is 17.9 Å². The molecule has 0 aromatic rings. The van der Waals surface area contributed by atoms with E-state index in [1.807, 2.05) is 0 Å². The van der Waals surface area contributed by atoms with Gasteiger partial charge in [0.15, 0.2) is 0 Å². The summed E-state index contributed by atoms with van der Waals surface area (Å²) in [6.45, 7) is 0.858. The van der Waals surface area contributed by atoms with Crippen molar-refractivity contribution in [3.8, 4) is 0 Å². The van der Waals surface area contributed by atoms with Crippen molar-refractivity contribution in [2.75, 3.05) is 6.54 Å². The highest BCUT2D eigenvalue weighted by Crippen LogP contribution is 2.03. The number of aliphatic carboxylic acids is 3. The maximum Gasteiger partial charge on any atom is 0.414 e. The van der Waals surface area contributed by atoms with Crippen LogP contribution in [0.2, 0.25) is 0 Å². The molecule has 0 radical (unpaired) electrons. The van der Waals surface area contributed by atoms with Gasteiger partial charge < -0.3 is 31.6 Å². The van der Waals surface area contributed by atoms with Crippen LogP contribution in [0.3, 0.4) is 0 Å². The zero-order valence-corrected chi connectivity index (χ0v) is 8.27. The number of rotatable bonds is 1. The standard InChI is InChI=1S/C5H9NO2.C2H2O4.2H2O/c7-5(8)4-2-1-3-6-4;3-1(4)2(5)6;;/h4,6H,1-3H2,(H,7,8);(H,3,4)(H,5,6);2*1H2/t4-;;;/m0.../s1. The number of nitrogens with one attached hydrogen (secondary N) is 1. The summed E-state index contributed by atoms with van der Waals surface area (Å²) < 4.78 is 0. The molecule has 9 nitrogen and oxygen atoms in total. The van der Waals surface area contributed by atoms with Crippen molar-refractivity contribution in [3.63, 3.8) is 0 Å². The fourth-order valence-electron chi connectivity index (χ4n) is 0.895. The van der Waals surface area contributed by atoms with Gasteiger partial charge in [-0.05, 0) is 19.4 Å². The predicted octanol–water partition coefficient (Wildman–Crippen LogP) is -2.67. The van der Waals surface area contributed by atoms with Crippen LogP contribution in [-0.2, 0) is 14.4 Å². The Balaban J connectivity index is -0.000000195. The topological polar surface area (TPSA) is 187 Å². The minimum atomic E-state index is -1.82. The normalized spacial score (nSPS) is 16.9. The largest absolute Gasteiger partial charge is 0.480 e. The van der Waals surface area contributed by atoms with Gasteiger partial charge in [-0.2, -0.15) is 0 Å². The first-order valence-corrected chi connectivity index (χ1v) is 3.87. The molecular weight excluding hydrogens is 226 g/mol. The second kappa shape index (κ2) is 9.83. The average Bonchev–Trinajstić information content (AvgIpc) is 2.56. The lowest BCUT2D eigenvalue weighted by Crippen LogP contribution is -2.29. The first-order chi connectivity index (χ1) is 6.45. The van der Waals surface area contributed by atoms with E-state index < -0.39 is 17.9 Å². The van der Waals surface area contributed by atoms with E-state index in [0.717, 1.165) is 19.4 Å². The minimum absolute atomic E-state index is 0. The second-order valence-corrected chi connectivity index (χ2v) is 2.60. The van der Waals surface area contributed by atoms with Crippen LogP contribution in [0.5, 0.6) is 0 Å². The van der Waals surface area contributed by atoms with E-state index in [2.05, 4.69) is 5.32 Å². The minimum Gasteiger partial charge on any atom is -0.480 e.